The molecule has 0 aliphatic heterocycles. The summed E-state index contributed by atoms with van der Waals surface area (Å²) in [6.45, 7) is 1.24. The number of amides is 2. The summed E-state index contributed by atoms with van der Waals surface area (Å²) in [4.78, 5) is 52.4. The molecule has 1 heterocycles. The fourth-order valence-corrected chi connectivity index (χ4v) is 2.59. The Bertz CT molecular complexity index is 1160. The molecule has 1 atom stereocenters. The van der Waals surface area contributed by atoms with Crippen molar-refractivity contribution >= 4 is 40.0 Å². The standard InChI is InChI=1S/C19H18N6O4/c1-10(26)16(25-24-12-5-3-11(4-6-12)17(27)20-2)18(28)21-13-7-8-14-15(9-13)23-19(29)22-14/h3-9,16H,1-2H3,(H,20,27)(H,21,28)(H2,22,23,29). The van der Waals surface area contributed by atoms with Gasteiger partial charge in [0.25, 0.3) is 11.8 Å². The van der Waals surface area contributed by atoms with Gasteiger partial charge in [-0.1, -0.05) is 0 Å². The Kier molecular flexibility index (Phi) is 5.63. The van der Waals surface area contributed by atoms with Crippen LogP contribution in [0.25, 0.3) is 11.0 Å². The van der Waals surface area contributed by atoms with Crippen LogP contribution in [0.15, 0.2) is 57.5 Å². The number of hydrogen-bond acceptors (Lipinski definition) is 6. The zero-order valence-corrected chi connectivity index (χ0v) is 15.6. The largest absolute Gasteiger partial charge is 0.355 e. The fourth-order valence-electron chi connectivity index (χ4n) is 2.59. The molecular weight excluding hydrogens is 376 g/mol. The first-order valence-corrected chi connectivity index (χ1v) is 8.64. The lowest BCUT2D eigenvalue weighted by Crippen LogP contribution is -2.31. The Balaban J connectivity index is 1.74. The van der Waals surface area contributed by atoms with Crippen molar-refractivity contribution < 1.29 is 14.4 Å². The maximum atomic E-state index is 12.5. The SMILES string of the molecule is CNC(=O)c1ccc(N=NC(C(C)=O)C(=O)Nc2ccc3[nH]c(=O)[nH]c3c2)cc1. The Morgan fingerprint density at radius 1 is 1.00 bits per heavy atom. The van der Waals surface area contributed by atoms with Gasteiger partial charge in [-0.05, 0) is 49.4 Å². The average Bonchev–Trinajstić information content (AvgIpc) is 3.07. The average molecular weight is 394 g/mol. The second kappa shape index (κ2) is 8.30. The van der Waals surface area contributed by atoms with E-state index in [1.807, 2.05) is 0 Å². The lowest BCUT2D eigenvalue weighted by molar-refractivity contribution is -0.126. The minimum absolute atomic E-state index is 0.241. The van der Waals surface area contributed by atoms with E-state index in [0.717, 1.165) is 0 Å². The molecule has 1 aromatic heterocycles. The number of azo groups is 1. The van der Waals surface area contributed by atoms with Crippen LogP contribution in [0.4, 0.5) is 11.4 Å². The molecule has 29 heavy (non-hydrogen) atoms. The number of carbonyl (C=O) groups excluding carboxylic acids is 3. The number of hydrogen-bond donors (Lipinski definition) is 4. The van der Waals surface area contributed by atoms with E-state index in [9.17, 15) is 19.2 Å². The van der Waals surface area contributed by atoms with Crippen LogP contribution in [0.1, 0.15) is 17.3 Å². The summed E-state index contributed by atoms with van der Waals surface area (Å²) in [6.07, 6.45) is 0. The molecule has 0 spiro atoms. The number of aromatic nitrogens is 2. The second-order valence-electron chi connectivity index (χ2n) is 6.18. The number of fused-ring (bicyclic) bond motifs is 1. The third-order valence-electron chi connectivity index (χ3n) is 4.06. The number of rotatable bonds is 6. The van der Waals surface area contributed by atoms with Crippen molar-refractivity contribution in [2.75, 3.05) is 12.4 Å². The van der Waals surface area contributed by atoms with Crippen LogP contribution >= 0.6 is 0 Å². The van der Waals surface area contributed by atoms with E-state index in [-0.39, 0.29) is 11.6 Å². The Morgan fingerprint density at radius 2 is 1.69 bits per heavy atom. The number of carbonyl (C=O) groups is 3. The maximum absolute atomic E-state index is 12.5. The number of benzene rings is 2. The first-order chi connectivity index (χ1) is 13.9. The first kappa shape index (κ1) is 19.7. The smallest absolute Gasteiger partial charge is 0.323 e. The van der Waals surface area contributed by atoms with E-state index in [1.54, 1.807) is 42.5 Å². The molecule has 3 rings (SSSR count). The molecule has 0 aliphatic rings. The van der Waals surface area contributed by atoms with Crippen molar-refractivity contribution in [3.05, 3.63) is 58.5 Å². The molecule has 0 saturated carbocycles. The molecule has 0 fully saturated rings. The molecule has 4 N–H and O–H groups in total. The predicted octanol–water partition coefficient (Wildman–Crippen LogP) is 1.90. The van der Waals surface area contributed by atoms with Crippen molar-refractivity contribution in [1.29, 1.82) is 0 Å². The zero-order chi connectivity index (χ0) is 21.0. The number of nitrogens with one attached hydrogen (secondary N) is 4. The first-order valence-electron chi connectivity index (χ1n) is 8.64. The molecule has 0 saturated heterocycles. The number of ketones is 1. The van der Waals surface area contributed by atoms with Gasteiger partial charge in [-0.25, -0.2) is 4.79 Å². The van der Waals surface area contributed by atoms with Crippen LogP contribution in [0, 0.1) is 0 Å². The zero-order valence-electron chi connectivity index (χ0n) is 15.6. The van der Waals surface area contributed by atoms with Crippen LogP contribution in [0.5, 0.6) is 0 Å². The molecular formula is C19H18N6O4. The van der Waals surface area contributed by atoms with Crippen LogP contribution in [-0.4, -0.2) is 40.7 Å². The highest BCUT2D eigenvalue weighted by atomic mass is 16.2. The quantitative estimate of drug-likeness (QED) is 0.373. The molecule has 1 unspecified atom stereocenters. The summed E-state index contributed by atoms with van der Waals surface area (Å²) < 4.78 is 0. The van der Waals surface area contributed by atoms with Crippen molar-refractivity contribution in [3.63, 3.8) is 0 Å². The van der Waals surface area contributed by atoms with Gasteiger partial charge in [0.05, 0.1) is 16.7 Å². The Hall–Kier alpha value is -4.08. The number of Topliss-reactive ketones (excluding diaryl/α,β-unsaturated/α-hetero) is 1. The van der Waals surface area contributed by atoms with Gasteiger partial charge in [0.15, 0.2) is 5.78 Å². The molecule has 3 aromatic rings. The van der Waals surface area contributed by atoms with Gasteiger partial charge >= 0.3 is 5.69 Å². The lowest BCUT2D eigenvalue weighted by atomic mass is 10.2. The molecule has 0 radical (unpaired) electrons. The topological polar surface area (TPSA) is 149 Å². The third kappa shape index (κ3) is 4.61. The van der Waals surface area contributed by atoms with E-state index in [1.165, 1.54) is 14.0 Å². The second-order valence-corrected chi connectivity index (χ2v) is 6.18. The van der Waals surface area contributed by atoms with Gasteiger partial charge in [0, 0.05) is 18.3 Å². The molecule has 2 amide bonds. The summed E-state index contributed by atoms with van der Waals surface area (Å²) in [5, 5.41) is 12.9. The molecule has 10 heteroatoms. The summed E-state index contributed by atoms with van der Waals surface area (Å²) in [5.41, 5.74) is 1.99. The minimum atomic E-state index is -1.34. The number of anilines is 1. The fraction of sp³-hybridized carbons (Fsp3) is 0.158. The van der Waals surface area contributed by atoms with Crippen molar-refractivity contribution in [2.24, 2.45) is 10.2 Å². The van der Waals surface area contributed by atoms with Gasteiger partial charge < -0.3 is 20.6 Å². The monoisotopic (exact) mass is 394 g/mol. The molecule has 10 nitrogen and oxygen atoms in total. The van der Waals surface area contributed by atoms with Crippen LogP contribution in [0.2, 0.25) is 0 Å². The van der Waals surface area contributed by atoms with Crippen molar-refractivity contribution in [3.8, 4) is 0 Å². The molecule has 0 bridgehead atoms. The van der Waals surface area contributed by atoms with Gasteiger partial charge in [0.2, 0.25) is 6.04 Å². The Morgan fingerprint density at radius 3 is 2.34 bits per heavy atom. The van der Waals surface area contributed by atoms with E-state index in [0.29, 0.717) is 28.0 Å². The van der Waals surface area contributed by atoms with Crippen LogP contribution < -0.4 is 16.3 Å². The van der Waals surface area contributed by atoms with Gasteiger partial charge in [-0.3, -0.25) is 14.4 Å². The van der Waals surface area contributed by atoms with E-state index < -0.39 is 17.7 Å². The number of aromatic amines is 2. The normalized spacial score (nSPS) is 12.1. The summed E-state index contributed by atoms with van der Waals surface area (Å²) >= 11 is 0. The van der Waals surface area contributed by atoms with Gasteiger partial charge in [-0.2, -0.15) is 10.2 Å². The van der Waals surface area contributed by atoms with E-state index in [4.69, 9.17) is 0 Å². The molecule has 2 aromatic carbocycles. The lowest BCUT2D eigenvalue weighted by Gasteiger charge is -2.09. The van der Waals surface area contributed by atoms with E-state index >= 15 is 0 Å². The highest BCUT2D eigenvalue weighted by Crippen LogP contribution is 2.17. The predicted molar refractivity (Wildman–Crippen MR) is 106 cm³/mol. The van der Waals surface area contributed by atoms with Gasteiger partial charge in [-0.15, -0.1) is 0 Å². The van der Waals surface area contributed by atoms with E-state index in [2.05, 4.69) is 30.8 Å². The summed E-state index contributed by atoms with van der Waals surface area (Å²) in [5.74, 6) is -1.37. The number of imidazole rings is 1. The Labute approximate surface area is 164 Å². The van der Waals surface area contributed by atoms with Crippen molar-refractivity contribution in [1.82, 2.24) is 15.3 Å². The van der Waals surface area contributed by atoms with Gasteiger partial charge in [0.1, 0.15) is 0 Å². The minimum Gasteiger partial charge on any atom is -0.355 e. The third-order valence-corrected chi connectivity index (χ3v) is 4.06. The van der Waals surface area contributed by atoms with Crippen LogP contribution in [0.3, 0.4) is 0 Å². The van der Waals surface area contributed by atoms with Crippen molar-refractivity contribution in [2.45, 2.75) is 13.0 Å². The maximum Gasteiger partial charge on any atom is 0.323 e. The van der Waals surface area contributed by atoms with Crippen LogP contribution in [-0.2, 0) is 9.59 Å². The molecule has 0 aliphatic carbocycles. The summed E-state index contributed by atoms with van der Waals surface area (Å²) in [6, 6.07) is 9.67. The molecule has 148 valence electrons. The number of nitrogens with zero attached hydrogens (tertiary/aromatic N) is 2. The number of H-pyrrole nitrogens is 2. The summed E-state index contributed by atoms with van der Waals surface area (Å²) in [7, 11) is 1.53. The highest BCUT2D eigenvalue weighted by Gasteiger charge is 2.23. The highest BCUT2D eigenvalue weighted by molar-refractivity contribution is 6.10.